The maximum atomic E-state index is 13.2. The second-order valence-electron chi connectivity index (χ2n) is 4.37. The summed E-state index contributed by atoms with van der Waals surface area (Å²) in [5, 5.41) is 17.7. The van der Waals surface area contributed by atoms with E-state index in [1.165, 1.54) is 0 Å². The molecule has 1 saturated heterocycles. The van der Waals surface area contributed by atoms with E-state index in [0.717, 1.165) is 22.5 Å². The summed E-state index contributed by atoms with van der Waals surface area (Å²) in [7, 11) is -4.05. The van der Waals surface area contributed by atoms with E-state index in [-0.39, 0.29) is 17.9 Å². The number of nitriles is 1. The van der Waals surface area contributed by atoms with Gasteiger partial charge in [0.2, 0.25) is 10.0 Å². The van der Waals surface area contributed by atoms with E-state index in [2.05, 4.69) is 0 Å². The number of halogens is 1. The summed E-state index contributed by atoms with van der Waals surface area (Å²) in [5.41, 5.74) is -0.392. The number of carboxylic acid groups (broad SMARTS) is 1. The van der Waals surface area contributed by atoms with Crippen molar-refractivity contribution < 1.29 is 22.7 Å². The molecule has 1 heterocycles. The zero-order chi connectivity index (χ0) is 14.9. The van der Waals surface area contributed by atoms with Crippen molar-refractivity contribution in [1.82, 2.24) is 4.31 Å². The number of hydrogen-bond donors (Lipinski definition) is 1. The zero-order valence-electron chi connectivity index (χ0n) is 10.3. The van der Waals surface area contributed by atoms with Crippen LogP contribution in [-0.2, 0) is 14.8 Å². The van der Waals surface area contributed by atoms with Gasteiger partial charge in [-0.3, -0.25) is 4.79 Å². The first-order chi connectivity index (χ1) is 9.37. The molecule has 1 N–H and O–H groups in total. The van der Waals surface area contributed by atoms with Crippen LogP contribution in [0.25, 0.3) is 0 Å². The van der Waals surface area contributed by atoms with Crippen LogP contribution in [0.2, 0.25) is 0 Å². The van der Waals surface area contributed by atoms with Crippen molar-refractivity contribution in [2.75, 3.05) is 6.54 Å². The number of sulfonamides is 1. The van der Waals surface area contributed by atoms with Crippen LogP contribution in [0.3, 0.4) is 0 Å². The maximum Gasteiger partial charge on any atom is 0.322 e. The number of nitrogens with zero attached hydrogens (tertiary/aromatic N) is 2. The number of carbonyl (C=O) groups is 1. The topological polar surface area (TPSA) is 98.5 Å². The van der Waals surface area contributed by atoms with Gasteiger partial charge in [-0.25, -0.2) is 12.8 Å². The number of hydrogen-bond acceptors (Lipinski definition) is 4. The Morgan fingerprint density at radius 2 is 2.20 bits per heavy atom. The van der Waals surface area contributed by atoms with Crippen molar-refractivity contribution in [2.45, 2.75) is 23.8 Å². The lowest BCUT2D eigenvalue weighted by atomic mass is 10.2. The smallest absolute Gasteiger partial charge is 0.322 e. The van der Waals surface area contributed by atoms with Crippen molar-refractivity contribution in [3.05, 3.63) is 29.6 Å². The molecule has 0 amide bonds. The molecule has 106 valence electrons. The highest BCUT2D eigenvalue weighted by molar-refractivity contribution is 7.89. The average Bonchev–Trinajstić information content (AvgIpc) is 2.89. The lowest BCUT2D eigenvalue weighted by Crippen LogP contribution is -2.40. The Hall–Kier alpha value is -1.98. The molecule has 1 aromatic rings. The average molecular weight is 298 g/mol. The molecular weight excluding hydrogens is 287 g/mol. The first-order valence-electron chi connectivity index (χ1n) is 5.82. The van der Waals surface area contributed by atoms with Crippen molar-refractivity contribution in [3.8, 4) is 6.07 Å². The molecule has 1 aliphatic rings. The van der Waals surface area contributed by atoms with Crippen molar-refractivity contribution in [2.24, 2.45) is 0 Å². The van der Waals surface area contributed by atoms with Crippen LogP contribution in [-0.4, -0.2) is 36.4 Å². The highest BCUT2D eigenvalue weighted by Gasteiger charge is 2.39. The number of benzene rings is 1. The van der Waals surface area contributed by atoms with Crippen molar-refractivity contribution in [1.29, 1.82) is 5.26 Å². The van der Waals surface area contributed by atoms with Crippen LogP contribution >= 0.6 is 0 Å². The fourth-order valence-corrected chi connectivity index (χ4v) is 3.84. The van der Waals surface area contributed by atoms with Crippen LogP contribution in [0.5, 0.6) is 0 Å². The van der Waals surface area contributed by atoms with Crippen molar-refractivity contribution in [3.63, 3.8) is 0 Å². The fraction of sp³-hybridized carbons (Fsp3) is 0.333. The van der Waals surface area contributed by atoms with Gasteiger partial charge in [0.15, 0.2) is 0 Å². The van der Waals surface area contributed by atoms with Gasteiger partial charge >= 0.3 is 5.97 Å². The Kier molecular flexibility index (Phi) is 3.74. The predicted octanol–water partition coefficient (Wildman–Crippen LogP) is 0.935. The molecule has 0 bridgehead atoms. The molecule has 0 spiro atoms. The lowest BCUT2D eigenvalue weighted by Gasteiger charge is -2.21. The third kappa shape index (κ3) is 2.37. The Balaban J connectivity index is 2.46. The van der Waals surface area contributed by atoms with Gasteiger partial charge in [-0.05, 0) is 31.0 Å². The summed E-state index contributed by atoms with van der Waals surface area (Å²) in [6.45, 7) is 0.0958. The SMILES string of the molecule is N#Cc1cc(S(=O)(=O)N2CCCC2C(=O)O)ccc1F. The molecule has 0 aliphatic carbocycles. The Morgan fingerprint density at radius 1 is 1.50 bits per heavy atom. The standard InChI is InChI=1S/C12H11FN2O4S/c13-10-4-3-9(6-8(10)7-14)20(18,19)15-5-1-2-11(15)12(16)17/h3-4,6,11H,1-2,5H2,(H,16,17). The monoisotopic (exact) mass is 298 g/mol. The maximum absolute atomic E-state index is 13.2. The summed E-state index contributed by atoms with van der Waals surface area (Å²) >= 11 is 0. The van der Waals surface area contributed by atoms with E-state index in [4.69, 9.17) is 10.4 Å². The lowest BCUT2D eigenvalue weighted by molar-refractivity contribution is -0.140. The van der Waals surface area contributed by atoms with E-state index in [9.17, 15) is 17.6 Å². The number of carboxylic acids is 1. The second-order valence-corrected chi connectivity index (χ2v) is 6.26. The first kappa shape index (κ1) is 14.4. The van der Waals surface area contributed by atoms with Gasteiger partial charge in [-0.15, -0.1) is 0 Å². The number of aliphatic carboxylic acids is 1. The van der Waals surface area contributed by atoms with E-state index >= 15 is 0 Å². The highest BCUT2D eigenvalue weighted by Crippen LogP contribution is 2.27. The van der Waals surface area contributed by atoms with Crippen LogP contribution in [0, 0.1) is 17.1 Å². The van der Waals surface area contributed by atoms with Gasteiger partial charge in [0.25, 0.3) is 0 Å². The first-order valence-corrected chi connectivity index (χ1v) is 7.26. The Morgan fingerprint density at radius 3 is 2.80 bits per heavy atom. The Labute approximate surface area is 115 Å². The normalized spacial score (nSPS) is 19.7. The van der Waals surface area contributed by atoms with Crippen LogP contribution < -0.4 is 0 Å². The fourth-order valence-electron chi connectivity index (χ4n) is 2.16. The molecular formula is C12H11FN2O4S. The minimum Gasteiger partial charge on any atom is -0.480 e. The molecule has 1 aromatic carbocycles. The van der Waals surface area contributed by atoms with Gasteiger partial charge in [0, 0.05) is 6.54 Å². The summed E-state index contributed by atoms with van der Waals surface area (Å²) in [5.74, 6) is -2.03. The van der Waals surface area contributed by atoms with E-state index < -0.39 is 33.4 Å². The molecule has 1 aliphatic heterocycles. The molecule has 0 aromatic heterocycles. The molecule has 0 saturated carbocycles. The van der Waals surface area contributed by atoms with Crippen LogP contribution in [0.15, 0.2) is 23.1 Å². The second kappa shape index (κ2) is 5.19. The third-order valence-corrected chi connectivity index (χ3v) is 5.06. The van der Waals surface area contributed by atoms with Crippen LogP contribution in [0.1, 0.15) is 18.4 Å². The predicted molar refractivity (Wildman–Crippen MR) is 65.7 cm³/mol. The van der Waals surface area contributed by atoms with Gasteiger partial charge < -0.3 is 5.11 Å². The van der Waals surface area contributed by atoms with E-state index in [0.29, 0.717) is 6.42 Å². The summed E-state index contributed by atoms with van der Waals surface area (Å²) in [6, 6.07) is 3.28. The minimum atomic E-state index is -4.05. The molecule has 1 unspecified atom stereocenters. The third-order valence-electron chi connectivity index (χ3n) is 3.15. The molecule has 1 atom stereocenters. The molecule has 1 fully saturated rings. The van der Waals surface area contributed by atoms with E-state index in [1.54, 1.807) is 6.07 Å². The van der Waals surface area contributed by atoms with E-state index in [1.807, 2.05) is 0 Å². The van der Waals surface area contributed by atoms with Crippen molar-refractivity contribution >= 4 is 16.0 Å². The number of rotatable bonds is 3. The van der Waals surface area contributed by atoms with Gasteiger partial charge in [0.05, 0.1) is 10.5 Å². The molecule has 8 heteroatoms. The molecule has 2 rings (SSSR count). The summed E-state index contributed by atoms with van der Waals surface area (Å²) in [6.07, 6.45) is 0.684. The van der Waals surface area contributed by atoms with Gasteiger partial charge in [-0.2, -0.15) is 9.57 Å². The minimum absolute atomic E-state index is 0.0958. The van der Waals surface area contributed by atoms with Crippen LogP contribution in [0.4, 0.5) is 4.39 Å². The molecule has 20 heavy (non-hydrogen) atoms. The van der Waals surface area contributed by atoms with Gasteiger partial charge in [-0.1, -0.05) is 0 Å². The largest absolute Gasteiger partial charge is 0.480 e. The molecule has 0 radical (unpaired) electrons. The Bertz CT molecular complexity index is 696. The summed E-state index contributed by atoms with van der Waals surface area (Å²) in [4.78, 5) is 10.8. The highest BCUT2D eigenvalue weighted by atomic mass is 32.2. The van der Waals surface area contributed by atoms with Gasteiger partial charge in [0.1, 0.15) is 17.9 Å². The molecule has 6 nitrogen and oxygen atoms in total. The quantitative estimate of drug-likeness (QED) is 0.895. The zero-order valence-corrected chi connectivity index (χ0v) is 11.1. The summed E-state index contributed by atoms with van der Waals surface area (Å²) < 4.78 is 38.8.